The molecule has 0 radical (unpaired) electrons. The molecule has 1 saturated heterocycles. The summed E-state index contributed by atoms with van der Waals surface area (Å²) < 4.78 is 0. The van der Waals surface area contributed by atoms with Crippen LogP contribution in [-0.4, -0.2) is 60.0 Å². The summed E-state index contributed by atoms with van der Waals surface area (Å²) >= 11 is 0. The molecule has 1 aliphatic heterocycles. The number of carbonyl (C=O) groups is 1. The number of nitrogens with zero attached hydrogens (tertiary/aromatic N) is 2. The number of rotatable bonds is 4. The fourth-order valence-electron chi connectivity index (χ4n) is 3.70. The molecule has 20 heavy (non-hydrogen) atoms. The molecule has 2 rings (SSSR count). The van der Waals surface area contributed by atoms with Crippen molar-refractivity contribution >= 4 is 5.91 Å². The van der Waals surface area contributed by atoms with E-state index in [0.29, 0.717) is 30.6 Å². The van der Waals surface area contributed by atoms with Gasteiger partial charge >= 0.3 is 0 Å². The van der Waals surface area contributed by atoms with Gasteiger partial charge in [-0.1, -0.05) is 19.3 Å². The summed E-state index contributed by atoms with van der Waals surface area (Å²) in [5.41, 5.74) is 0. The van der Waals surface area contributed by atoms with E-state index in [9.17, 15) is 4.79 Å². The highest BCUT2D eigenvalue weighted by Gasteiger charge is 2.29. The van der Waals surface area contributed by atoms with Gasteiger partial charge in [-0.15, -0.1) is 0 Å². The summed E-state index contributed by atoms with van der Waals surface area (Å²) in [6, 6.07) is 1.31. The average molecular weight is 281 g/mol. The summed E-state index contributed by atoms with van der Waals surface area (Å²) in [7, 11) is 0. The normalized spacial score (nSPS) is 25.9. The lowest BCUT2D eigenvalue weighted by Gasteiger charge is -2.39. The molecule has 0 unspecified atom stereocenters. The van der Waals surface area contributed by atoms with E-state index < -0.39 is 0 Å². The van der Waals surface area contributed by atoms with Gasteiger partial charge in [0.1, 0.15) is 0 Å². The molecule has 0 aromatic heterocycles. The van der Waals surface area contributed by atoms with E-state index in [0.717, 1.165) is 19.6 Å². The Morgan fingerprint density at radius 1 is 1.30 bits per heavy atom. The van der Waals surface area contributed by atoms with Crippen LogP contribution < -0.4 is 5.32 Å². The minimum Gasteiger partial charge on any atom is -0.336 e. The Labute approximate surface area is 123 Å². The van der Waals surface area contributed by atoms with Crippen LogP contribution in [0.15, 0.2) is 0 Å². The fraction of sp³-hybridized carbons (Fsp3) is 0.938. The number of hydrogen-bond acceptors (Lipinski definition) is 3. The maximum atomic E-state index is 12.7. The Morgan fingerprint density at radius 2 is 2.00 bits per heavy atom. The summed E-state index contributed by atoms with van der Waals surface area (Å²) in [6.07, 6.45) is 6.30. The molecule has 0 aromatic carbocycles. The summed E-state index contributed by atoms with van der Waals surface area (Å²) in [4.78, 5) is 17.2. The van der Waals surface area contributed by atoms with Crippen LogP contribution in [0.1, 0.15) is 52.9 Å². The molecule has 116 valence electrons. The third kappa shape index (κ3) is 4.19. The van der Waals surface area contributed by atoms with Crippen molar-refractivity contribution in [3.63, 3.8) is 0 Å². The Morgan fingerprint density at radius 3 is 2.60 bits per heavy atom. The van der Waals surface area contributed by atoms with Crippen molar-refractivity contribution < 1.29 is 4.79 Å². The Kier molecular flexibility index (Phi) is 5.85. The molecule has 0 spiro atoms. The predicted octanol–water partition coefficient (Wildman–Crippen LogP) is 1.85. The smallest absolute Gasteiger partial charge is 0.237 e. The molecular weight excluding hydrogens is 250 g/mol. The molecule has 4 nitrogen and oxygen atoms in total. The zero-order chi connectivity index (χ0) is 14.5. The van der Waals surface area contributed by atoms with Gasteiger partial charge in [-0.05, 0) is 33.6 Å². The SMILES string of the molecule is CC(C)N(C(=O)CN1CCN[C@@H](C)C1)C1CCCCC1. The van der Waals surface area contributed by atoms with Crippen molar-refractivity contribution in [2.75, 3.05) is 26.2 Å². The van der Waals surface area contributed by atoms with Crippen molar-refractivity contribution in [1.29, 1.82) is 0 Å². The molecule has 0 aromatic rings. The summed E-state index contributed by atoms with van der Waals surface area (Å²) in [5, 5.41) is 3.43. The van der Waals surface area contributed by atoms with Gasteiger partial charge in [-0.3, -0.25) is 9.69 Å². The maximum Gasteiger partial charge on any atom is 0.237 e. The number of hydrogen-bond donors (Lipinski definition) is 1. The quantitative estimate of drug-likeness (QED) is 0.854. The molecule has 4 heteroatoms. The van der Waals surface area contributed by atoms with Crippen molar-refractivity contribution in [3.05, 3.63) is 0 Å². The topological polar surface area (TPSA) is 35.6 Å². The van der Waals surface area contributed by atoms with Gasteiger partial charge in [0.2, 0.25) is 5.91 Å². The third-order valence-electron chi connectivity index (χ3n) is 4.62. The van der Waals surface area contributed by atoms with Gasteiger partial charge in [0.15, 0.2) is 0 Å². The van der Waals surface area contributed by atoms with E-state index in [-0.39, 0.29) is 0 Å². The van der Waals surface area contributed by atoms with E-state index in [1.54, 1.807) is 0 Å². The molecule has 2 fully saturated rings. The highest BCUT2D eigenvalue weighted by Crippen LogP contribution is 2.24. The lowest BCUT2D eigenvalue weighted by molar-refractivity contribution is -0.137. The number of nitrogens with one attached hydrogen (secondary N) is 1. The predicted molar refractivity (Wildman–Crippen MR) is 82.8 cm³/mol. The largest absolute Gasteiger partial charge is 0.336 e. The minimum atomic E-state index is 0.325. The molecule has 1 N–H and O–H groups in total. The average Bonchev–Trinajstić information content (AvgIpc) is 2.39. The van der Waals surface area contributed by atoms with E-state index in [1.165, 1.54) is 32.1 Å². The molecule has 1 amide bonds. The number of amides is 1. The van der Waals surface area contributed by atoms with Crippen molar-refractivity contribution in [3.8, 4) is 0 Å². The van der Waals surface area contributed by atoms with Gasteiger partial charge in [0, 0.05) is 37.8 Å². The number of carbonyl (C=O) groups excluding carboxylic acids is 1. The Balaban J connectivity index is 1.92. The Bertz CT molecular complexity index is 313. The third-order valence-corrected chi connectivity index (χ3v) is 4.62. The van der Waals surface area contributed by atoms with Crippen LogP contribution in [0.5, 0.6) is 0 Å². The first-order chi connectivity index (χ1) is 9.58. The second-order valence-electron chi connectivity index (χ2n) is 6.78. The molecule has 1 saturated carbocycles. The minimum absolute atomic E-state index is 0.325. The van der Waals surface area contributed by atoms with Crippen LogP contribution in [0.2, 0.25) is 0 Å². The van der Waals surface area contributed by atoms with Crippen LogP contribution in [0.4, 0.5) is 0 Å². The van der Waals surface area contributed by atoms with E-state index in [2.05, 4.69) is 35.9 Å². The van der Waals surface area contributed by atoms with Crippen LogP contribution in [0, 0.1) is 0 Å². The van der Waals surface area contributed by atoms with Crippen molar-refractivity contribution in [1.82, 2.24) is 15.1 Å². The summed E-state index contributed by atoms with van der Waals surface area (Å²) in [5.74, 6) is 0.334. The first kappa shape index (κ1) is 15.8. The van der Waals surface area contributed by atoms with Gasteiger partial charge in [-0.25, -0.2) is 0 Å². The molecule has 0 bridgehead atoms. The fourth-order valence-corrected chi connectivity index (χ4v) is 3.70. The van der Waals surface area contributed by atoms with Gasteiger partial charge < -0.3 is 10.2 Å². The second kappa shape index (κ2) is 7.41. The molecule has 1 aliphatic carbocycles. The molecule has 1 heterocycles. The zero-order valence-corrected chi connectivity index (χ0v) is 13.4. The second-order valence-corrected chi connectivity index (χ2v) is 6.78. The van der Waals surface area contributed by atoms with Gasteiger partial charge in [0.05, 0.1) is 6.54 Å². The number of piperazine rings is 1. The lowest BCUT2D eigenvalue weighted by Crippen LogP contribution is -2.54. The lowest BCUT2D eigenvalue weighted by atomic mass is 9.93. The van der Waals surface area contributed by atoms with Crippen LogP contribution >= 0.6 is 0 Å². The first-order valence-electron chi connectivity index (χ1n) is 8.35. The van der Waals surface area contributed by atoms with Crippen LogP contribution in [0.25, 0.3) is 0 Å². The van der Waals surface area contributed by atoms with E-state index >= 15 is 0 Å². The monoisotopic (exact) mass is 281 g/mol. The maximum absolute atomic E-state index is 12.7. The molecule has 1 atom stereocenters. The van der Waals surface area contributed by atoms with Gasteiger partial charge in [-0.2, -0.15) is 0 Å². The molecular formula is C16H31N3O. The molecule has 2 aliphatic rings. The Hall–Kier alpha value is -0.610. The van der Waals surface area contributed by atoms with Crippen molar-refractivity contribution in [2.45, 2.75) is 71.0 Å². The summed E-state index contributed by atoms with van der Waals surface area (Å²) in [6.45, 7) is 10.1. The standard InChI is InChI=1S/C16H31N3O/c1-13(2)19(15-7-5-4-6-8-15)16(20)12-18-10-9-17-14(3)11-18/h13-15,17H,4-12H2,1-3H3/t14-/m0/s1. The van der Waals surface area contributed by atoms with Crippen LogP contribution in [-0.2, 0) is 4.79 Å². The van der Waals surface area contributed by atoms with Crippen molar-refractivity contribution in [2.24, 2.45) is 0 Å². The van der Waals surface area contributed by atoms with E-state index in [4.69, 9.17) is 0 Å². The highest BCUT2D eigenvalue weighted by molar-refractivity contribution is 5.79. The highest BCUT2D eigenvalue weighted by atomic mass is 16.2. The van der Waals surface area contributed by atoms with Gasteiger partial charge in [0.25, 0.3) is 0 Å². The van der Waals surface area contributed by atoms with E-state index in [1.807, 2.05) is 0 Å². The van der Waals surface area contributed by atoms with Crippen LogP contribution in [0.3, 0.4) is 0 Å². The zero-order valence-electron chi connectivity index (χ0n) is 13.4. The first-order valence-corrected chi connectivity index (χ1v) is 8.35.